The standard InChI is InChI=1S/C28H33N3O4/c1-18(2)28(33)30-22-11-6-19(3)25(16-22)29-17-26(32)31-27(20-7-12-23(34-4)13-8-20)21-9-14-24(35-5)15-10-21/h6-16,18,27,29H,17H2,1-5H3,(H,30,33)(H,31,32). The van der Waals surface area contributed by atoms with Crippen molar-refractivity contribution in [2.24, 2.45) is 5.92 Å². The largest absolute Gasteiger partial charge is 0.497 e. The lowest BCUT2D eigenvalue weighted by atomic mass is 9.98. The molecule has 35 heavy (non-hydrogen) atoms. The number of benzene rings is 3. The lowest BCUT2D eigenvalue weighted by molar-refractivity contribution is -0.120. The highest BCUT2D eigenvalue weighted by molar-refractivity contribution is 5.92. The van der Waals surface area contributed by atoms with Crippen LogP contribution in [0, 0.1) is 12.8 Å². The van der Waals surface area contributed by atoms with Crippen LogP contribution in [0.25, 0.3) is 0 Å². The number of carbonyl (C=O) groups is 2. The fourth-order valence-electron chi connectivity index (χ4n) is 3.52. The second-order valence-corrected chi connectivity index (χ2v) is 8.57. The molecule has 3 aromatic carbocycles. The summed E-state index contributed by atoms with van der Waals surface area (Å²) in [6, 6.07) is 20.5. The molecule has 3 rings (SSSR count). The second kappa shape index (κ2) is 11.9. The molecular weight excluding hydrogens is 442 g/mol. The van der Waals surface area contributed by atoms with Gasteiger partial charge in [0, 0.05) is 17.3 Å². The summed E-state index contributed by atoms with van der Waals surface area (Å²) in [5.41, 5.74) is 4.30. The highest BCUT2D eigenvalue weighted by Crippen LogP contribution is 2.26. The predicted molar refractivity (Wildman–Crippen MR) is 139 cm³/mol. The maximum absolute atomic E-state index is 13.0. The van der Waals surface area contributed by atoms with E-state index in [9.17, 15) is 9.59 Å². The summed E-state index contributed by atoms with van der Waals surface area (Å²) in [6.45, 7) is 5.71. The molecule has 2 amide bonds. The molecule has 0 aliphatic rings. The van der Waals surface area contributed by atoms with Crippen molar-refractivity contribution in [2.75, 3.05) is 31.4 Å². The number of rotatable bonds is 10. The van der Waals surface area contributed by atoms with Crippen molar-refractivity contribution in [2.45, 2.75) is 26.8 Å². The number of hydrogen-bond donors (Lipinski definition) is 3. The number of ether oxygens (including phenoxy) is 2. The molecule has 3 aromatic rings. The van der Waals surface area contributed by atoms with Gasteiger partial charge >= 0.3 is 0 Å². The van der Waals surface area contributed by atoms with Crippen LogP contribution < -0.4 is 25.4 Å². The van der Waals surface area contributed by atoms with Crippen LogP contribution in [-0.4, -0.2) is 32.6 Å². The van der Waals surface area contributed by atoms with E-state index >= 15 is 0 Å². The number of anilines is 2. The lowest BCUT2D eigenvalue weighted by Gasteiger charge is -2.21. The molecule has 0 bridgehead atoms. The fourth-order valence-corrected chi connectivity index (χ4v) is 3.52. The smallest absolute Gasteiger partial charge is 0.240 e. The summed E-state index contributed by atoms with van der Waals surface area (Å²) < 4.78 is 10.5. The molecule has 0 spiro atoms. The topological polar surface area (TPSA) is 88.7 Å². The van der Waals surface area contributed by atoms with Crippen LogP contribution in [-0.2, 0) is 9.59 Å². The molecule has 0 heterocycles. The molecular formula is C28H33N3O4. The van der Waals surface area contributed by atoms with Gasteiger partial charge in [0.15, 0.2) is 0 Å². The Balaban J connectivity index is 1.74. The van der Waals surface area contributed by atoms with E-state index in [0.717, 1.165) is 33.9 Å². The minimum absolute atomic E-state index is 0.0561. The second-order valence-electron chi connectivity index (χ2n) is 8.57. The summed E-state index contributed by atoms with van der Waals surface area (Å²) in [5, 5.41) is 9.21. The zero-order chi connectivity index (χ0) is 25.4. The van der Waals surface area contributed by atoms with E-state index in [-0.39, 0.29) is 30.3 Å². The molecule has 0 aromatic heterocycles. The average Bonchev–Trinajstić information content (AvgIpc) is 2.87. The summed E-state index contributed by atoms with van der Waals surface area (Å²) in [4.78, 5) is 25.0. The molecule has 0 aliphatic carbocycles. The van der Waals surface area contributed by atoms with Crippen molar-refractivity contribution in [3.05, 3.63) is 83.4 Å². The Hall–Kier alpha value is -4.00. The molecule has 0 radical (unpaired) electrons. The predicted octanol–water partition coefficient (Wildman–Crippen LogP) is 4.92. The van der Waals surface area contributed by atoms with Gasteiger partial charge < -0.3 is 25.4 Å². The van der Waals surface area contributed by atoms with Crippen LogP contribution in [0.1, 0.15) is 36.6 Å². The van der Waals surface area contributed by atoms with Crippen LogP contribution in [0.5, 0.6) is 11.5 Å². The van der Waals surface area contributed by atoms with E-state index in [0.29, 0.717) is 5.69 Å². The van der Waals surface area contributed by atoms with Gasteiger partial charge in [-0.25, -0.2) is 0 Å². The molecule has 0 saturated carbocycles. The normalized spacial score (nSPS) is 10.7. The van der Waals surface area contributed by atoms with E-state index in [4.69, 9.17) is 9.47 Å². The first kappa shape index (κ1) is 25.6. The number of nitrogens with one attached hydrogen (secondary N) is 3. The van der Waals surface area contributed by atoms with Crippen LogP contribution in [0.4, 0.5) is 11.4 Å². The third-order valence-electron chi connectivity index (χ3n) is 5.67. The maximum atomic E-state index is 13.0. The zero-order valence-corrected chi connectivity index (χ0v) is 20.8. The summed E-state index contributed by atoms with van der Waals surface area (Å²) in [6.07, 6.45) is 0. The van der Waals surface area contributed by atoms with Gasteiger partial charge in [0.25, 0.3) is 0 Å². The number of hydrogen-bond acceptors (Lipinski definition) is 5. The number of carbonyl (C=O) groups excluding carboxylic acids is 2. The molecule has 184 valence electrons. The van der Waals surface area contributed by atoms with Crippen molar-refractivity contribution in [1.29, 1.82) is 0 Å². The third kappa shape index (κ3) is 6.99. The molecule has 7 nitrogen and oxygen atoms in total. The van der Waals surface area contributed by atoms with E-state index in [1.807, 2.05) is 87.5 Å². The van der Waals surface area contributed by atoms with Gasteiger partial charge in [0.2, 0.25) is 11.8 Å². The molecule has 0 unspecified atom stereocenters. The number of methoxy groups -OCH3 is 2. The Morgan fingerprint density at radius 2 is 1.37 bits per heavy atom. The monoisotopic (exact) mass is 475 g/mol. The molecule has 0 atom stereocenters. The van der Waals surface area contributed by atoms with Crippen molar-refractivity contribution in [3.8, 4) is 11.5 Å². The lowest BCUT2D eigenvalue weighted by Crippen LogP contribution is -2.34. The quantitative estimate of drug-likeness (QED) is 0.387. The van der Waals surface area contributed by atoms with Gasteiger partial charge in [-0.05, 0) is 60.0 Å². The van der Waals surface area contributed by atoms with Gasteiger partial charge in [-0.15, -0.1) is 0 Å². The van der Waals surface area contributed by atoms with Gasteiger partial charge in [0.1, 0.15) is 11.5 Å². The summed E-state index contributed by atoms with van der Waals surface area (Å²) in [5.74, 6) is 1.15. The SMILES string of the molecule is COc1ccc(C(NC(=O)CNc2cc(NC(=O)C(C)C)ccc2C)c2ccc(OC)cc2)cc1. The Kier molecular flexibility index (Phi) is 8.73. The third-order valence-corrected chi connectivity index (χ3v) is 5.67. The van der Waals surface area contributed by atoms with Crippen LogP contribution in [0.3, 0.4) is 0 Å². The fraction of sp³-hybridized carbons (Fsp3) is 0.286. The average molecular weight is 476 g/mol. The molecule has 0 saturated heterocycles. The first-order valence-electron chi connectivity index (χ1n) is 11.5. The highest BCUT2D eigenvalue weighted by Gasteiger charge is 2.18. The van der Waals surface area contributed by atoms with Crippen LogP contribution in [0.15, 0.2) is 66.7 Å². The van der Waals surface area contributed by atoms with Gasteiger partial charge in [-0.3, -0.25) is 9.59 Å². The first-order valence-corrected chi connectivity index (χ1v) is 11.5. The number of amides is 2. The van der Waals surface area contributed by atoms with Gasteiger partial charge in [-0.2, -0.15) is 0 Å². The summed E-state index contributed by atoms with van der Waals surface area (Å²) >= 11 is 0. The zero-order valence-electron chi connectivity index (χ0n) is 20.8. The molecule has 7 heteroatoms. The minimum atomic E-state index is -0.348. The maximum Gasteiger partial charge on any atom is 0.240 e. The van der Waals surface area contributed by atoms with Crippen molar-refractivity contribution < 1.29 is 19.1 Å². The van der Waals surface area contributed by atoms with Crippen LogP contribution >= 0.6 is 0 Å². The Morgan fingerprint density at radius 1 is 0.829 bits per heavy atom. The van der Waals surface area contributed by atoms with E-state index in [1.54, 1.807) is 14.2 Å². The summed E-state index contributed by atoms with van der Waals surface area (Å²) in [7, 11) is 3.24. The van der Waals surface area contributed by atoms with E-state index in [2.05, 4.69) is 16.0 Å². The first-order chi connectivity index (χ1) is 16.8. The molecule has 3 N–H and O–H groups in total. The minimum Gasteiger partial charge on any atom is -0.497 e. The van der Waals surface area contributed by atoms with Gasteiger partial charge in [0.05, 0.1) is 26.8 Å². The van der Waals surface area contributed by atoms with Crippen molar-refractivity contribution in [1.82, 2.24) is 5.32 Å². The van der Waals surface area contributed by atoms with E-state index < -0.39 is 0 Å². The van der Waals surface area contributed by atoms with E-state index in [1.165, 1.54) is 0 Å². The van der Waals surface area contributed by atoms with Crippen LogP contribution in [0.2, 0.25) is 0 Å². The Morgan fingerprint density at radius 3 is 1.86 bits per heavy atom. The Labute approximate surface area is 206 Å². The molecule has 0 fully saturated rings. The van der Waals surface area contributed by atoms with Gasteiger partial charge in [-0.1, -0.05) is 44.2 Å². The van der Waals surface area contributed by atoms with Crippen molar-refractivity contribution in [3.63, 3.8) is 0 Å². The number of aryl methyl sites for hydroxylation is 1. The Bertz CT molecular complexity index is 1090. The van der Waals surface area contributed by atoms with Crippen molar-refractivity contribution >= 4 is 23.2 Å². The highest BCUT2D eigenvalue weighted by atomic mass is 16.5. The molecule has 0 aliphatic heterocycles.